The molecule has 0 aliphatic carbocycles. The van der Waals surface area contributed by atoms with Crippen molar-refractivity contribution < 1.29 is 18.0 Å². The van der Waals surface area contributed by atoms with Crippen molar-refractivity contribution in [1.82, 2.24) is 15.2 Å². The van der Waals surface area contributed by atoms with Gasteiger partial charge in [0.05, 0.1) is 23.0 Å². The van der Waals surface area contributed by atoms with Crippen molar-refractivity contribution in [3.05, 3.63) is 72.6 Å². The zero-order chi connectivity index (χ0) is 20.4. The molecule has 0 saturated carbocycles. The molecular formula is C20H14F3N5O. The fraction of sp³-hybridized carbons (Fsp3) is 0.0500. The van der Waals surface area contributed by atoms with Crippen LogP contribution in [0.2, 0.25) is 0 Å². The van der Waals surface area contributed by atoms with Gasteiger partial charge in [0.15, 0.2) is 5.82 Å². The molecule has 0 unspecified atom stereocenters. The van der Waals surface area contributed by atoms with Gasteiger partial charge in [-0.3, -0.25) is 14.8 Å². The first-order valence-electron chi connectivity index (χ1n) is 8.53. The second-order valence-electron chi connectivity index (χ2n) is 6.19. The number of carbonyl (C=O) groups is 1. The van der Waals surface area contributed by atoms with Crippen LogP contribution in [-0.2, 0) is 11.0 Å². The monoisotopic (exact) mass is 397 g/mol. The molecule has 0 aliphatic heterocycles. The Morgan fingerprint density at radius 3 is 2.59 bits per heavy atom. The lowest BCUT2D eigenvalue weighted by molar-refractivity contribution is -0.137. The Bertz CT molecular complexity index is 1150. The highest BCUT2D eigenvalue weighted by molar-refractivity contribution is 5.92. The number of aromatic amines is 1. The van der Waals surface area contributed by atoms with E-state index in [1.807, 2.05) is 18.2 Å². The maximum absolute atomic E-state index is 12.8. The van der Waals surface area contributed by atoms with Gasteiger partial charge in [0.2, 0.25) is 6.41 Å². The summed E-state index contributed by atoms with van der Waals surface area (Å²) >= 11 is 0. The standard InChI is InChI=1S/C20H14F3N5O/c21-20(22,23)14-4-7-16(8-5-14)28(12-29)18-2-1-9-24-19(18)26-15-6-3-13-11-25-27-17(13)10-15/h1-12H,(H,24,26)(H,25,27). The minimum Gasteiger partial charge on any atom is -0.338 e. The second kappa shape index (κ2) is 7.27. The number of H-pyrrole nitrogens is 1. The molecule has 1 amide bonds. The van der Waals surface area contributed by atoms with E-state index in [1.165, 1.54) is 17.0 Å². The van der Waals surface area contributed by atoms with E-state index in [2.05, 4.69) is 20.5 Å². The molecule has 0 saturated heterocycles. The van der Waals surface area contributed by atoms with Crippen LogP contribution in [0.3, 0.4) is 0 Å². The maximum atomic E-state index is 12.8. The molecule has 0 bridgehead atoms. The van der Waals surface area contributed by atoms with E-state index in [0.29, 0.717) is 23.6 Å². The van der Waals surface area contributed by atoms with Gasteiger partial charge in [0.25, 0.3) is 0 Å². The molecule has 0 spiro atoms. The number of amides is 1. The highest BCUT2D eigenvalue weighted by Gasteiger charge is 2.30. The zero-order valence-electron chi connectivity index (χ0n) is 14.8. The Hall–Kier alpha value is -3.88. The topological polar surface area (TPSA) is 73.9 Å². The van der Waals surface area contributed by atoms with E-state index in [-0.39, 0.29) is 5.69 Å². The Labute approximate surface area is 163 Å². The van der Waals surface area contributed by atoms with Crippen LogP contribution in [0.4, 0.5) is 36.1 Å². The summed E-state index contributed by atoms with van der Waals surface area (Å²) < 4.78 is 38.4. The molecule has 2 heterocycles. The van der Waals surface area contributed by atoms with Crippen LogP contribution < -0.4 is 10.2 Å². The summed E-state index contributed by atoms with van der Waals surface area (Å²) in [4.78, 5) is 17.3. The van der Waals surface area contributed by atoms with Gasteiger partial charge in [-0.2, -0.15) is 18.3 Å². The number of pyridine rings is 1. The van der Waals surface area contributed by atoms with Crippen molar-refractivity contribution in [2.75, 3.05) is 10.2 Å². The van der Waals surface area contributed by atoms with Gasteiger partial charge in [-0.05, 0) is 54.6 Å². The van der Waals surface area contributed by atoms with Gasteiger partial charge < -0.3 is 5.32 Å². The van der Waals surface area contributed by atoms with E-state index in [4.69, 9.17) is 0 Å². The van der Waals surface area contributed by atoms with Gasteiger partial charge >= 0.3 is 6.18 Å². The number of aromatic nitrogens is 3. The first-order chi connectivity index (χ1) is 14.0. The molecule has 0 atom stereocenters. The quantitative estimate of drug-likeness (QED) is 0.464. The van der Waals surface area contributed by atoms with Crippen molar-refractivity contribution in [2.45, 2.75) is 6.18 Å². The Kier molecular flexibility index (Phi) is 4.63. The molecule has 4 rings (SSSR count). The number of rotatable bonds is 5. The fourth-order valence-corrected chi connectivity index (χ4v) is 2.91. The third kappa shape index (κ3) is 3.75. The van der Waals surface area contributed by atoms with Crippen molar-refractivity contribution in [3.8, 4) is 0 Å². The van der Waals surface area contributed by atoms with Crippen molar-refractivity contribution in [1.29, 1.82) is 0 Å². The van der Waals surface area contributed by atoms with Crippen LogP contribution in [0, 0.1) is 0 Å². The van der Waals surface area contributed by atoms with Crippen molar-refractivity contribution in [3.63, 3.8) is 0 Å². The molecule has 6 nitrogen and oxygen atoms in total. The Balaban J connectivity index is 1.67. The number of fused-ring (bicyclic) bond motifs is 1. The number of alkyl halides is 3. The summed E-state index contributed by atoms with van der Waals surface area (Å²) in [5, 5.41) is 10.9. The van der Waals surface area contributed by atoms with Crippen LogP contribution in [-0.4, -0.2) is 21.6 Å². The van der Waals surface area contributed by atoms with Crippen molar-refractivity contribution >= 4 is 40.2 Å². The van der Waals surface area contributed by atoms with E-state index in [1.54, 1.807) is 24.5 Å². The third-order valence-electron chi connectivity index (χ3n) is 4.33. The lowest BCUT2D eigenvalue weighted by Gasteiger charge is -2.21. The fourth-order valence-electron chi connectivity index (χ4n) is 2.91. The summed E-state index contributed by atoms with van der Waals surface area (Å²) in [6, 6.07) is 13.2. The summed E-state index contributed by atoms with van der Waals surface area (Å²) in [7, 11) is 0. The average molecular weight is 397 g/mol. The number of nitrogens with zero attached hydrogens (tertiary/aromatic N) is 3. The normalized spacial score (nSPS) is 11.4. The lowest BCUT2D eigenvalue weighted by atomic mass is 10.2. The van der Waals surface area contributed by atoms with Gasteiger partial charge in [-0.1, -0.05) is 0 Å². The number of hydrogen-bond acceptors (Lipinski definition) is 4. The number of carbonyl (C=O) groups excluding carboxylic acids is 1. The van der Waals surface area contributed by atoms with E-state index in [9.17, 15) is 18.0 Å². The summed E-state index contributed by atoms with van der Waals surface area (Å²) in [6.07, 6.45) is -0.667. The van der Waals surface area contributed by atoms with Crippen LogP contribution >= 0.6 is 0 Å². The molecule has 2 aromatic heterocycles. The van der Waals surface area contributed by atoms with E-state index < -0.39 is 11.7 Å². The number of benzene rings is 2. The predicted molar refractivity (Wildman–Crippen MR) is 103 cm³/mol. The van der Waals surface area contributed by atoms with Gasteiger partial charge in [-0.25, -0.2) is 4.98 Å². The molecule has 0 aliphatic rings. The van der Waals surface area contributed by atoms with Gasteiger partial charge in [0.1, 0.15) is 0 Å². The number of nitrogens with one attached hydrogen (secondary N) is 2. The largest absolute Gasteiger partial charge is 0.416 e. The predicted octanol–water partition coefficient (Wildman–Crippen LogP) is 5.01. The second-order valence-corrected chi connectivity index (χ2v) is 6.19. The van der Waals surface area contributed by atoms with Crippen molar-refractivity contribution in [2.24, 2.45) is 0 Å². The van der Waals surface area contributed by atoms with E-state index in [0.717, 1.165) is 23.0 Å². The Morgan fingerprint density at radius 2 is 1.86 bits per heavy atom. The molecule has 2 N–H and O–H groups in total. The highest BCUT2D eigenvalue weighted by atomic mass is 19.4. The van der Waals surface area contributed by atoms with Crippen LogP contribution in [0.25, 0.3) is 10.9 Å². The molecule has 0 fully saturated rings. The molecular weight excluding hydrogens is 383 g/mol. The molecule has 146 valence electrons. The van der Waals surface area contributed by atoms with Crippen LogP contribution in [0.15, 0.2) is 67.0 Å². The first-order valence-corrected chi connectivity index (χ1v) is 8.53. The SMILES string of the molecule is O=CN(c1ccc(C(F)(F)F)cc1)c1cccnc1Nc1ccc2cn[nH]c2c1. The van der Waals surface area contributed by atoms with Gasteiger partial charge in [0, 0.05) is 23.0 Å². The summed E-state index contributed by atoms with van der Waals surface area (Å²) in [5.74, 6) is 0.373. The maximum Gasteiger partial charge on any atom is 0.416 e. The average Bonchev–Trinajstić information content (AvgIpc) is 3.17. The molecule has 9 heteroatoms. The molecule has 2 aromatic carbocycles. The molecule has 0 radical (unpaired) electrons. The number of hydrogen-bond donors (Lipinski definition) is 2. The minimum atomic E-state index is -4.45. The minimum absolute atomic E-state index is 0.285. The van der Waals surface area contributed by atoms with E-state index >= 15 is 0 Å². The Morgan fingerprint density at radius 1 is 1.07 bits per heavy atom. The van der Waals surface area contributed by atoms with Crippen LogP contribution in [0.1, 0.15) is 5.56 Å². The van der Waals surface area contributed by atoms with Crippen LogP contribution in [0.5, 0.6) is 0 Å². The smallest absolute Gasteiger partial charge is 0.338 e. The first kappa shape index (κ1) is 18.5. The zero-order valence-corrected chi connectivity index (χ0v) is 14.8. The lowest BCUT2D eigenvalue weighted by Crippen LogP contribution is -2.16. The summed E-state index contributed by atoms with van der Waals surface area (Å²) in [5.41, 5.74) is 1.42. The number of halogens is 3. The molecule has 29 heavy (non-hydrogen) atoms. The molecule has 4 aromatic rings. The number of anilines is 4. The van der Waals surface area contributed by atoms with Gasteiger partial charge in [-0.15, -0.1) is 0 Å². The summed E-state index contributed by atoms with van der Waals surface area (Å²) in [6.45, 7) is 0. The highest BCUT2D eigenvalue weighted by Crippen LogP contribution is 2.34. The third-order valence-corrected chi connectivity index (χ3v) is 4.33.